The molecule has 1 heterocycles. The first-order valence-corrected chi connectivity index (χ1v) is 6.06. The highest BCUT2D eigenvalue weighted by Crippen LogP contribution is 2.29. The molecule has 0 amide bonds. The number of fused-ring (bicyclic) bond motifs is 1. The summed E-state index contributed by atoms with van der Waals surface area (Å²) in [5, 5.41) is 3.45. The average molecular weight is 250 g/mol. The molecule has 1 aromatic heterocycles. The zero-order valence-electron chi connectivity index (χ0n) is 10.7. The first-order valence-electron chi connectivity index (χ1n) is 6.06. The molecule has 0 fully saturated rings. The molecule has 0 aliphatic carbocycles. The maximum absolute atomic E-state index is 13.8. The lowest BCUT2D eigenvalue weighted by Gasteiger charge is -2.13. The van der Waals surface area contributed by atoms with Gasteiger partial charge in [-0.05, 0) is 18.9 Å². The third-order valence-electron chi connectivity index (χ3n) is 2.80. The smallest absolute Gasteiger partial charge is 0.137 e. The van der Waals surface area contributed by atoms with Crippen molar-refractivity contribution in [1.82, 2.24) is 4.98 Å². The van der Waals surface area contributed by atoms with Crippen LogP contribution in [0, 0.1) is 11.6 Å². The van der Waals surface area contributed by atoms with E-state index in [-0.39, 0.29) is 5.92 Å². The minimum Gasteiger partial charge on any atom is -0.385 e. The largest absolute Gasteiger partial charge is 0.385 e. The summed E-state index contributed by atoms with van der Waals surface area (Å²) >= 11 is 0. The molecule has 2 rings (SSSR count). The first kappa shape index (κ1) is 12.7. The van der Waals surface area contributed by atoms with Crippen molar-refractivity contribution in [3.63, 3.8) is 0 Å². The number of hydrogen-bond donors (Lipinski definition) is 1. The highest BCUT2D eigenvalue weighted by Gasteiger charge is 2.13. The van der Waals surface area contributed by atoms with E-state index in [0.29, 0.717) is 23.1 Å². The van der Waals surface area contributed by atoms with Crippen LogP contribution >= 0.6 is 0 Å². The Morgan fingerprint density at radius 3 is 2.56 bits per heavy atom. The van der Waals surface area contributed by atoms with Crippen LogP contribution in [0.15, 0.2) is 18.2 Å². The summed E-state index contributed by atoms with van der Waals surface area (Å²) in [6, 6.07) is 3.99. The van der Waals surface area contributed by atoms with Crippen LogP contribution in [0.2, 0.25) is 0 Å². The number of nitrogens with one attached hydrogen (secondary N) is 1. The van der Waals surface area contributed by atoms with E-state index >= 15 is 0 Å². The van der Waals surface area contributed by atoms with E-state index in [0.717, 1.165) is 11.8 Å². The zero-order chi connectivity index (χ0) is 13.3. The van der Waals surface area contributed by atoms with Crippen LogP contribution in [0.1, 0.15) is 32.4 Å². The quantitative estimate of drug-likeness (QED) is 0.888. The maximum Gasteiger partial charge on any atom is 0.137 e. The van der Waals surface area contributed by atoms with E-state index < -0.39 is 11.6 Å². The van der Waals surface area contributed by atoms with E-state index in [4.69, 9.17) is 0 Å². The summed E-state index contributed by atoms with van der Waals surface area (Å²) in [7, 11) is 0. The summed E-state index contributed by atoms with van der Waals surface area (Å²) in [4.78, 5) is 4.32. The van der Waals surface area contributed by atoms with Crippen molar-refractivity contribution in [1.29, 1.82) is 0 Å². The van der Waals surface area contributed by atoms with Gasteiger partial charge in [0, 0.05) is 30.1 Å². The van der Waals surface area contributed by atoms with E-state index in [9.17, 15) is 8.78 Å². The number of benzene rings is 1. The Bertz CT molecular complexity index is 580. The van der Waals surface area contributed by atoms with Crippen LogP contribution in [0.4, 0.5) is 14.5 Å². The van der Waals surface area contributed by atoms with Gasteiger partial charge in [-0.25, -0.2) is 8.78 Å². The second-order valence-corrected chi connectivity index (χ2v) is 4.56. The third-order valence-corrected chi connectivity index (χ3v) is 2.80. The fourth-order valence-corrected chi connectivity index (χ4v) is 1.93. The molecule has 0 unspecified atom stereocenters. The number of aromatic nitrogens is 1. The molecule has 0 bridgehead atoms. The molecule has 2 nitrogen and oxygen atoms in total. The number of pyridine rings is 1. The molecule has 0 aliphatic heterocycles. The summed E-state index contributed by atoms with van der Waals surface area (Å²) in [5.74, 6) is -0.974. The Morgan fingerprint density at radius 2 is 1.94 bits per heavy atom. The molecule has 4 heteroatoms. The SMILES string of the molecule is CCNc1cc(C(C)C)nc2cc(F)cc(F)c12. The van der Waals surface area contributed by atoms with Crippen molar-refractivity contribution in [3.8, 4) is 0 Å². The lowest BCUT2D eigenvalue weighted by atomic mass is 10.1. The molecule has 1 aromatic carbocycles. The fraction of sp³-hybridized carbons (Fsp3) is 0.357. The van der Waals surface area contributed by atoms with Crippen LogP contribution in [-0.4, -0.2) is 11.5 Å². The van der Waals surface area contributed by atoms with Gasteiger partial charge >= 0.3 is 0 Å². The van der Waals surface area contributed by atoms with Crippen molar-refractivity contribution in [2.24, 2.45) is 0 Å². The van der Waals surface area contributed by atoms with Crippen LogP contribution in [0.5, 0.6) is 0 Å². The van der Waals surface area contributed by atoms with Gasteiger partial charge in [0.25, 0.3) is 0 Å². The molecule has 0 saturated heterocycles. The van der Waals surface area contributed by atoms with Gasteiger partial charge in [-0.15, -0.1) is 0 Å². The van der Waals surface area contributed by atoms with Crippen LogP contribution in [0.3, 0.4) is 0 Å². The summed E-state index contributed by atoms with van der Waals surface area (Å²) in [6.45, 7) is 6.61. The van der Waals surface area contributed by atoms with Crippen molar-refractivity contribution < 1.29 is 8.78 Å². The minimum absolute atomic E-state index is 0.207. The number of rotatable bonds is 3. The Labute approximate surface area is 105 Å². The van der Waals surface area contributed by atoms with Crippen LogP contribution < -0.4 is 5.32 Å². The number of anilines is 1. The predicted molar refractivity (Wildman–Crippen MR) is 69.9 cm³/mol. The molecule has 18 heavy (non-hydrogen) atoms. The molecule has 0 atom stereocenters. The number of hydrogen-bond acceptors (Lipinski definition) is 2. The molecule has 0 radical (unpaired) electrons. The van der Waals surface area contributed by atoms with Crippen molar-refractivity contribution in [2.45, 2.75) is 26.7 Å². The molecule has 2 aromatic rings. The standard InChI is InChI=1S/C14H16F2N2/c1-4-17-12-7-11(8(2)3)18-13-6-9(15)5-10(16)14(12)13/h5-8H,4H2,1-3H3,(H,17,18). The number of halogens is 2. The predicted octanol–water partition coefficient (Wildman–Crippen LogP) is 4.07. The lowest BCUT2D eigenvalue weighted by Crippen LogP contribution is -2.03. The van der Waals surface area contributed by atoms with E-state index in [1.807, 2.05) is 26.8 Å². The van der Waals surface area contributed by atoms with Gasteiger partial charge in [0.05, 0.1) is 10.9 Å². The highest BCUT2D eigenvalue weighted by molar-refractivity contribution is 5.92. The van der Waals surface area contributed by atoms with Crippen molar-refractivity contribution in [2.75, 3.05) is 11.9 Å². The Hall–Kier alpha value is -1.71. The molecule has 0 aliphatic rings. The Morgan fingerprint density at radius 1 is 1.22 bits per heavy atom. The molecule has 1 N–H and O–H groups in total. The van der Waals surface area contributed by atoms with Crippen molar-refractivity contribution in [3.05, 3.63) is 35.5 Å². The minimum atomic E-state index is -0.601. The summed E-state index contributed by atoms with van der Waals surface area (Å²) in [6.07, 6.45) is 0. The molecule has 0 spiro atoms. The molecule has 96 valence electrons. The van der Waals surface area contributed by atoms with Gasteiger partial charge < -0.3 is 5.32 Å². The number of nitrogens with zero attached hydrogens (tertiary/aromatic N) is 1. The van der Waals surface area contributed by atoms with E-state index in [2.05, 4.69) is 10.3 Å². The van der Waals surface area contributed by atoms with Gasteiger partial charge in [-0.1, -0.05) is 13.8 Å². The molecule has 0 saturated carbocycles. The molecular formula is C14H16F2N2. The summed E-state index contributed by atoms with van der Waals surface area (Å²) in [5.41, 5.74) is 1.85. The first-order chi connectivity index (χ1) is 8.52. The Kier molecular flexibility index (Phi) is 3.45. The van der Waals surface area contributed by atoms with Crippen molar-refractivity contribution >= 4 is 16.6 Å². The van der Waals surface area contributed by atoms with Gasteiger partial charge in [0.2, 0.25) is 0 Å². The normalized spacial score (nSPS) is 11.2. The monoisotopic (exact) mass is 250 g/mol. The van der Waals surface area contributed by atoms with Crippen LogP contribution in [0.25, 0.3) is 10.9 Å². The van der Waals surface area contributed by atoms with Gasteiger partial charge in [-0.2, -0.15) is 0 Å². The Balaban J connectivity index is 2.76. The summed E-state index contributed by atoms with van der Waals surface area (Å²) < 4.78 is 27.1. The van der Waals surface area contributed by atoms with Gasteiger partial charge in [0.1, 0.15) is 11.6 Å². The average Bonchev–Trinajstić information content (AvgIpc) is 2.27. The fourth-order valence-electron chi connectivity index (χ4n) is 1.93. The van der Waals surface area contributed by atoms with Gasteiger partial charge in [-0.3, -0.25) is 4.98 Å². The lowest BCUT2D eigenvalue weighted by molar-refractivity contribution is 0.591. The van der Waals surface area contributed by atoms with Crippen LogP contribution in [-0.2, 0) is 0 Å². The molecular weight excluding hydrogens is 234 g/mol. The topological polar surface area (TPSA) is 24.9 Å². The zero-order valence-corrected chi connectivity index (χ0v) is 10.7. The second-order valence-electron chi connectivity index (χ2n) is 4.56. The second kappa shape index (κ2) is 4.88. The highest BCUT2D eigenvalue weighted by atomic mass is 19.1. The van der Waals surface area contributed by atoms with E-state index in [1.54, 1.807) is 0 Å². The van der Waals surface area contributed by atoms with E-state index in [1.165, 1.54) is 6.07 Å². The maximum atomic E-state index is 13.8. The third kappa shape index (κ3) is 2.28. The van der Waals surface area contributed by atoms with Gasteiger partial charge in [0.15, 0.2) is 0 Å².